The van der Waals surface area contributed by atoms with Gasteiger partial charge in [-0.2, -0.15) is 8.42 Å². The summed E-state index contributed by atoms with van der Waals surface area (Å²) in [6.45, 7) is 0.427. The van der Waals surface area contributed by atoms with Crippen molar-refractivity contribution in [2.24, 2.45) is 0 Å². The molecule has 7 nitrogen and oxygen atoms in total. The van der Waals surface area contributed by atoms with Crippen molar-refractivity contribution in [1.82, 2.24) is 9.81 Å². The van der Waals surface area contributed by atoms with E-state index in [9.17, 15) is 13.2 Å². The molecular formula is C8H14N3O4S2+. The van der Waals surface area contributed by atoms with E-state index >= 15 is 0 Å². The van der Waals surface area contributed by atoms with E-state index in [0.717, 1.165) is 18.6 Å². The minimum absolute atomic E-state index is 0.0661. The van der Waals surface area contributed by atoms with Crippen molar-refractivity contribution in [3.05, 3.63) is 11.1 Å². The van der Waals surface area contributed by atoms with Crippen LogP contribution in [0.3, 0.4) is 0 Å². The lowest BCUT2D eigenvalue weighted by atomic mass is 10.4. The Balaban J connectivity index is 2.48. The number of nitrogens with one attached hydrogen (secondary N) is 1. The van der Waals surface area contributed by atoms with Crippen LogP contribution in [0, 0.1) is 0 Å². The molecule has 0 radical (unpaired) electrons. The van der Waals surface area contributed by atoms with Crippen molar-refractivity contribution in [1.29, 1.82) is 0 Å². The summed E-state index contributed by atoms with van der Waals surface area (Å²) in [5.41, 5.74) is 0. The molecule has 0 aromatic carbocycles. The first-order valence-corrected chi connectivity index (χ1v) is 7.20. The van der Waals surface area contributed by atoms with Gasteiger partial charge in [0.15, 0.2) is 11.4 Å². The van der Waals surface area contributed by atoms with E-state index in [-0.39, 0.29) is 11.7 Å². The highest BCUT2D eigenvalue weighted by molar-refractivity contribution is 7.86. The molecule has 17 heavy (non-hydrogen) atoms. The molecule has 1 aromatic heterocycles. The van der Waals surface area contributed by atoms with Crippen LogP contribution in [-0.2, 0) is 20.8 Å². The summed E-state index contributed by atoms with van der Waals surface area (Å²) in [7, 11) is -0.748. The lowest BCUT2D eigenvalue weighted by molar-refractivity contribution is -0.746. The first-order chi connectivity index (χ1) is 7.98. The van der Waals surface area contributed by atoms with Crippen LogP contribution in [-0.4, -0.2) is 38.7 Å². The third-order valence-corrected chi connectivity index (χ3v) is 4.07. The molecule has 0 atom stereocenters. The number of hydrogen-bond acceptors (Lipinski definition) is 6. The number of aromatic nitrogens is 2. The van der Waals surface area contributed by atoms with E-state index in [4.69, 9.17) is 0 Å². The Morgan fingerprint density at radius 1 is 1.65 bits per heavy atom. The highest BCUT2D eigenvalue weighted by Gasteiger charge is 2.16. The average molecular weight is 280 g/mol. The Hall–Kier alpha value is -1.06. The predicted octanol–water partition coefficient (Wildman–Crippen LogP) is -0.844. The molecule has 9 heteroatoms. The van der Waals surface area contributed by atoms with Gasteiger partial charge >= 0.3 is 0 Å². The highest BCUT2D eigenvalue weighted by atomic mass is 32.2. The second-order valence-corrected chi connectivity index (χ2v) is 5.83. The van der Waals surface area contributed by atoms with E-state index in [1.165, 1.54) is 7.05 Å². The fourth-order valence-electron chi connectivity index (χ4n) is 1.09. The Morgan fingerprint density at radius 2 is 2.35 bits per heavy atom. The van der Waals surface area contributed by atoms with Gasteiger partial charge in [-0.15, -0.1) is 0 Å². The van der Waals surface area contributed by atoms with E-state index in [2.05, 4.69) is 14.0 Å². The zero-order chi connectivity index (χ0) is 12.9. The smallest absolute Gasteiger partial charge is 0.269 e. The zero-order valence-corrected chi connectivity index (χ0v) is 11.2. The molecule has 0 aliphatic carbocycles. The summed E-state index contributed by atoms with van der Waals surface area (Å²) in [5.74, 6) is -0.269. The minimum Gasteiger partial charge on any atom is -0.354 e. The number of carbonyl (C=O) groups is 1. The number of amides is 1. The lowest BCUT2D eigenvalue weighted by Gasteiger charge is -1.96. The van der Waals surface area contributed by atoms with Crippen LogP contribution in [0.1, 0.15) is 16.1 Å². The largest absolute Gasteiger partial charge is 0.354 e. The second kappa shape index (κ2) is 6.03. The Morgan fingerprint density at radius 3 is 2.94 bits per heavy atom. The minimum atomic E-state index is -3.42. The van der Waals surface area contributed by atoms with Crippen molar-refractivity contribution in [2.45, 2.75) is 13.0 Å². The summed E-state index contributed by atoms with van der Waals surface area (Å²) in [6, 6.07) is 0. The molecule has 1 heterocycles. The summed E-state index contributed by atoms with van der Waals surface area (Å²) < 4.78 is 31.9. The standard InChI is InChI=1S/C8H13N3O4S2/c1-9-8(12)7-6-11(10-16-7)4-3-5-17(13,14)15-2/h6H,3-5H2,1-2H3/p+1. The van der Waals surface area contributed by atoms with E-state index in [1.54, 1.807) is 10.9 Å². The van der Waals surface area contributed by atoms with Gasteiger partial charge in [0.05, 0.1) is 17.4 Å². The quantitative estimate of drug-likeness (QED) is 0.542. The molecule has 0 aliphatic heterocycles. The van der Waals surface area contributed by atoms with Gasteiger partial charge in [0, 0.05) is 25.0 Å². The van der Waals surface area contributed by atoms with E-state index in [1.807, 2.05) is 0 Å². The van der Waals surface area contributed by atoms with Crippen molar-refractivity contribution < 1.29 is 22.1 Å². The van der Waals surface area contributed by atoms with Crippen LogP contribution in [0.15, 0.2) is 6.20 Å². The molecular weight excluding hydrogens is 266 g/mol. The van der Waals surface area contributed by atoms with Crippen LogP contribution >= 0.6 is 11.5 Å². The van der Waals surface area contributed by atoms with Crippen LogP contribution < -0.4 is 10.00 Å². The summed E-state index contributed by atoms with van der Waals surface area (Å²) in [5, 5.41) is 2.49. The highest BCUT2D eigenvalue weighted by Crippen LogP contribution is 2.00. The third kappa shape index (κ3) is 4.36. The molecule has 0 bridgehead atoms. The monoisotopic (exact) mass is 280 g/mol. The van der Waals surface area contributed by atoms with Crippen molar-refractivity contribution >= 4 is 27.6 Å². The van der Waals surface area contributed by atoms with Gasteiger partial charge in [0.2, 0.25) is 6.20 Å². The maximum absolute atomic E-state index is 11.2. The molecule has 0 spiro atoms. The zero-order valence-electron chi connectivity index (χ0n) is 9.54. The number of hydrogen-bond donors (Lipinski definition) is 1. The van der Waals surface area contributed by atoms with Crippen molar-refractivity contribution in [2.75, 3.05) is 19.9 Å². The molecule has 0 saturated carbocycles. The lowest BCUT2D eigenvalue weighted by Crippen LogP contribution is -2.35. The second-order valence-electron chi connectivity index (χ2n) is 3.19. The fourth-order valence-corrected chi connectivity index (χ4v) is 2.42. The molecule has 0 fully saturated rings. The first-order valence-electron chi connectivity index (χ1n) is 4.85. The van der Waals surface area contributed by atoms with Gasteiger partial charge in [-0.3, -0.25) is 8.98 Å². The summed E-state index contributed by atoms with van der Waals surface area (Å²) >= 11 is 1.07. The van der Waals surface area contributed by atoms with Gasteiger partial charge in [-0.05, 0) is 0 Å². The molecule has 1 N–H and O–H groups in total. The van der Waals surface area contributed by atoms with E-state index in [0.29, 0.717) is 17.8 Å². The molecule has 1 aromatic rings. The first kappa shape index (κ1) is 14.0. The van der Waals surface area contributed by atoms with E-state index < -0.39 is 10.1 Å². The average Bonchev–Trinajstić information content (AvgIpc) is 2.76. The SMILES string of the molecule is CNC(=O)c1c[n+](CCCS(=O)(=O)OC)ns1. The fraction of sp³-hybridized carbons (Fsp3) is 0.625. The number of carbonyl (C=O) groups excluding carboxylic acids is 1. The van der Waals surface area contributed by atoms with Crippen LogP contribution in [0.5, 0.6) is 0 Å². The Bertz CT molecular complexity index is 483. The summed E-state index contributed by atoms with van der Waals surface area (Å²) in [6.07, 6.45) is 1.97. The van der Waals surface area contributed by atoms with Gasteiger partial charge < -0.3 is 5.32 Å². The van der Waals surface area contributed by atoms with Crippen molar-refractivity contribution in [3.8, 4) is 0 Å². The Labute approximate surface area is 104 Å². The summed E-state index contributed by atoms with van der Waals surface area (Å²) in [4.78, 5) is 11.7. The maximum atomic E-state index is 11.2. The maximum Gasteiger partial charge on any atom is 0.269 e. The number of rotatable bonds is 6. The predicted molar refractivity (Wildman–Crippen MR) is 61.1 cm³/mol. The van der Waals surface area contributed by atoms with Crippen LogP contribution in [0.25, 0.3) is 0 Å². The molecule has 1 rings (SSSR count). The topological polar surface area (TPSA) is 89.2 Å². The molecule has 1 amide bonds. The third-order valence-electron chi connectivity index (χ3n) is 2.00. The van der Waals surface area contributed by atoms with Gasteiger partial charge in [-0.1, -0.05) is 4.68 Å². The normalized spacial score (nSPS) is 11.4. The molecule has 0 saturated heterocycles. The number of aryl methyl sites for hydroxylation is 1. The van der Waals surface area contributed by atoms with Gasteiger partial charge in [-0.25, -0.2) is 0 Å². The molecule has 0 unspecified atom stereocenters. The number of nitrogens with zero attached hydrogens (tertiary/aromatic N) is 2. The van der Waals surface area contributed by atoms with Crippen LogP contribution in [0.4, 0.5) is 0 Å². The Kier molecular flexibility index (Phi) is 4.97. The molecule has 96 valence electrons. The molecule has 0 aliphatic rings. The van der Waals surface area contributed by atoms with Gasteiger partial charge in [0.25, 0.3) is 16.0 Å². The van der Waals surface area contributed by atoms with Crippen LogP contribution in [0.2, 0.25) is 0 Å². The van der Waals surface area contributed by atoms with Gasteiger partial charge in [0.1, 0.15) is 0 Å². The van der Waals surface area contributed by atoms with Crippen molar-refractivity contribution in [3.63, 3.8) is 0 Å².